The molecule has 0 saturated heterocycles. The zero-order chi connectivity index (χ0) is 13.3. The highest BCUT2D eigenvalue weighted by atomic mass is 16.6. The number of esters is 1. The molecule has 1 N–H and O–H groups in total. The van der Waals surface area contributed by atoms with E-state index in [9.17, 15) is 9.59 Å². The molecule has 1 aliphatic rings. The molecule has 1 atom stereocenters. The number of hydrogen-bond acceptors (Lipinski definition) is 4. The molecule has 0 aliphatic carbocycles. The van der Waals surface area contributed by atoms with E-state index in [2.05, 4.69) is 5.32 Å². The zero-order valence-corrected chi connectivity index (χ0v) is 10.6. The number of fused-ring (bicyclic) bond motifs is 1. The lowest BCUT2D eigenvalue weighted by atomic mass is 10.0. The first-order valence-electron chi connectivity index (χ1n) is 5.75. The SMILES string of the molecule is CCOC(=O)C1(C)Oc2ccc(C)cc2NC1=O. The summed E-state index contributed by atoms with van der Waals surface area (Å²) in [5.74, 6) is -0.733. The average Bonchev–Trinajstić information content (AvgIpc) is 2.31. The Hall–Kier alpha value is -2.04. The third kappa shape index (κ3) is 1.92. The molecule has 5 heteroatoms. The normalized spacial score (nSPS) is 21.6. The first kappa shape index (κ1) is 12.4. The smallest absolute Gasteiger partial charge is 0.360 e. The van der Waals surface area contributed by atoms with Gasteiger partial charge in [0, 0.05) is 0 Å². The van der Waals surface area contributed by atoms with E-state index in [0.29, 0.717) is 11.4 Å². The van der Waals surface area contributed by atoms with Crippen LogP contribution in [0.1, 0.15) is 19.4 Å². The molecule has 1 aromatic carbocycles. The molecule has 0 radical (unpaired) electrons. The Kier molecular flexibility index (Phi) is 2.98. The van der Waals surface area contributed by atoms with Crippen LogP contribution in [0.15, 0.2) is 18.2 Å². The molecule has 96 valence electrons. The molecule has 0 aromatic heterocycles. The predicted octanol–water partition coefficient (Wildman–Crippen LogP) is 1.65. The Labute approximate surface area is 105 Å². The molecule has 1 unspecified atom stereocenters. The Morgan fingerprint density at radius 3 is 2.89 bits per heavy atom. The Balaban J connectivity index is 2.36. The lowest BCUT2D eigenvalue weighted by Gasteiger charge is -2.32. The van der Waals surface area contributed by atoms with Crippen LogP contribution in [0.25, 0.3) is 0 Å². The number of ether oxygens (including phenoxy) is 2. The van der Waals surface area contributed by atoms with Crippen molar-refractivity contribution in [1.82, 2.24) is 0 Å². The highest BCUT2D eigenvalue weighted by molar-refractivity contribution is 6.13. The molecule has 1 heterocycles. The highest BCUT2D eigenvalue weighted by Crippen LogP contribution is 2.34. The molecule has 2 rings (SSSR count). The number of amides is 1. The van der Waals surface area contributed by atoms with Gasteiger partial charge in [0.15, 0.2) is 0 Å². The van der Waals surface area contributed by atoms with E-state index < -0.39 is 17.5 Å². The van der Waals surface area contributed by atoms with Crippen LogP contribution in [-0.2, 0) is 14.3 Å². The molecular weight excluding hydrogens is 234 g/mol. The minimum atomic E-state index is -1.63. The van der Waals surface area contributed by atoms with Crippen molar-refractivity contribution in [3.05, 3.63) is 23.8 Å². The quantitative estimate of drug-likeness (QED) is 0.639. The standard InChI is InChI=1S/C13H15NO4/c1-4-17-12(16)13(3)11(15)14-9-7-8(2)5-6-10(9)18-13/h5-7H,4H2,1-3H3,(H,14,15). The van der Waals surface area contributed by atoms with Crippen LogP contribution < -0.4 is 10.1 Å². The number of rotatable bonds is 2. The molecule has 18 heavy (non-hydrogen) atoms. The summed E-state index contributed by atoms with van der Waals surface area (Å²) in [4.78, 5) is 23.8. The fourth-order valence-electron chi connectivity index (χ4n) is 1.74. The van der Waals surface area contributed by atoms with Crippen molar-refractivity contribution < 1.29 is 19.1 Å². The van der Waals surface area contributed by atoms with Crippen LogP contribution in [0.4, 0.5) is 5.69 Å². The van der Waals surface area contributed by atoms with Crippen molar-refractivity contribution in [2.75, 3.05) is 11.9 Å². The maximum Gasteiger partial charge on any atom is 0.360 e. The highest BCUT2D eigenvalue weighted by Gasteiger charge is 2.48. The topological polar surface area (TPSA) is 64.6 Å². The average molecular weight is 249 g/mol. The minimum absolute atomic E-state index is 0.200. The number of aryl methyl sites for hydroxylation is 1. The summed E-state index contributed by atoms with van der Waals surface area (Å²) in [7, 11) is 0. The largest absolute Gasteiger partial charge is 0.464 e. The molecule has 0 fully saturated rings. The van der Waals surface area contributed by atoms with Crippen molar-refractivity contribution in [2.24, 2.45) is 0 Å². The monoisotopic (exact) mass is 249 g/mol. The van der Waals surface area contributed by atoms with Crippen molar-refractivity contribution in [2.45, 2.75) is 26.4 Å². The second-order valence-electron chi connectivity index (χ2n) is 4.31. The molecule has 1 aromatic rings. The third-order valence-corrected chi connectivity index (χ3v) is 2.80. The molecular formula is C13H15NO4. The Morgan fingerprint density at radius 1 is 1.50 bits per heavy atom. The van der Waals surface area contributed by atoms with Gasteiger partial charge in [0.2, 0.25) is 0 Å². The van der Waals surface area contributed by atoms with Gasteiger partial charge in [0.25, 0.3) is 11.5 Å². The van der Waals surface area contributed by atoms with Gasteiger partial charge in [-0.05, 0) is 38.5 Å². The van der Waals surface area contributed by atoms with Crippen molar-refractivity contribution in [3.63, 3.8) is 0 Å². The first-order valence-corrected chi connectivity index (χ1v) is 5.75. The van der Waals surface area contributed by atoms with Gasteiger partial charge in [-0.15, -0.1) is 0 Å². The van der Waals surface area contributed by atoms with E-state index in [4.69, 9.17) is 9.47 Å². The fourth-order valence-corrected chi connectivity index (χ4v) is 1.74. The van der Waals surface area contributed by atoms with Gasteiger partial charge in [-0.3, -0.25) is 4.79 Å². The summed E-state index contributed by atoms with van der Waals surface area (Å²) in [5.41, 5.74) is -0.0581. The minimum Gasteiger partial charge on any atom is -0.464 e. The fraction of sp³-hybridized carbons (Fsp3) is 0.385. The summed E-state index contributed by atoms with van der Waals surface area (Å²) in [6.45, 7) is 5.19. The van der Waals surface area contributed by atoms with E-state index in [0.717, 1.165) is 5.56 Å². The second-order valence-corrected chi connectivity index (χ2v) is 4.31. The van der Waals surface area contributed by atoms with E-state index in [1.165, 1.54) is 6.92 Å². The number of anilines is 1. The van der Waals surface area contributed by atoms with Gasteiger partial charge in [-0.25, -0.2) is 4.79 Å². The number of nitrogens with one attached hydrogen (secondary N) is 1. The molecule has 1 amide bonds. The molecule has 5 nitrogen and oxygen atoms in total. The van der Waals surface area contributed by atoms with Gasteiger partial charge in [0.1, 0.15) is 5.75 Å². The zero-order valence-electron chi connectivity index (χ0n) is 10.6. The van der Waals surface area contributed by atoms with Gasteiger partial charge < -0.3 is 14.8 Å². The van der Waals surface area contributed by atoms with Crippen LogP contribution in [0.2, 0.25) is 0 Å². The second kappa shape index (κ2) is 4.33. The number of carbonyl (C=O) groups is 2. The van der Waals surface area contributed by atoms with Crippen molar-refractivity contribution >= 4 is 17.6 Å². The summed E-state index contributed by atoms with van der Waals surface area (Å²) < 4.78 is 10.4. The number of benzene rings is 1. The van der Waals surface area contributed by atoms with E-state index >= 15 is 0 Å². The van der Waals surface area contributed by atoms with Crippen molar-refractivity contribution in [1.29, 1.82) is 0 Å². The number of hydrogen-bond donors (Lipinski definition) is 1. The Bertz CT molecular complexity index is 512. The van der Waals surface area contributed by atoms with Gasteiger partial charge in [-0.2, -0.15) is 0 Å². The van der Waals surface area contributed by atoms with Crippen LogP contribution in [-0.4, -0.2) is 24.1 Å². The molecule has 0 saturated carbocycles. The van der Waals surface area contributed by atoms with E-state index in [-0.39, 0.29) is 6.61 Å². The molecule has 0 bridgehead atoms. The van der Waals surface area contributed by atoms with E-state index in [1.807, 2.05) is 13.0 Å². The van der Waals surface area contributed by atoms with Crippen molar-refractivity contribution in [3.8, 4) is 5.75 Å². The molecule has 0 spiro atoms. The summed E-state index contributed by atoms with van der Waals surface area (Å²) in [5, 5.41) is 2.67. The summed E-state index contributed by atoms with van der Waals surface area (Å²) >= 11 is 0. The van der Waals surface area contributed by atoms with Gasteiger partial charge >= 0.3 is 5.97 Å². The summed E-state index contributed by atoms with van der Waals surface area (Å²) in [6, 6.07) is 5.36. The van der Waals surface area contributed by atoms with Gasteiger partial charge in [-0.1, -0.05) is 6.07 Å². The van der Waals surface area contributed by atoms with Crippen LogP contribution in [0, 0.1) is 6.92 Å². The van der Waals surface area contributed by atoms with Crippen LogP contribution in [0.5, 0.6) is 5.75 Å². The lowest BCUT2D eigenvalue weighted by molar-refractivity contribution is -0.165. The molecule has 1 aliphatic heterocycles. The summed E-state index contributed by atoms with van der Waals surface area (Å²) in [6.07, 6.45) is 0. The van der Waals surface area contributed by atoms with Crippen LogP contribution in [0.3, 0.4) is 0 Å². The third-order valence-electron chi connectivity index (χ3n) is 2.80. The van der Waals surface area contributed by atoms with Crippen LogP contribution >= 0.6 is 0 Å². The maximum atomic E-state index is 12.0. The maximum absolute atomic E-state index is 12.0. The van der Waals surface area contributed by atoms with Gasteiger partial charge in [0.05, 0.1) is 12.3 Å². The Morgan fingerprint density at radius 2 is 2.22 bits per heavy atom. The first-order chi connectivity index (χ1) is 8.47. The predicted molar refractivity (Wildman–Crippen MR) is 65.5 cm³/mol. The van der Waals surface area contributed by atoms with E-state index in [1.54, 1.807) is 19.1 Å². The number of carbonyl (C=O) groups excluding carboxylic acids is 2. The lowest BCUT2D eigenvalue weighted by Crippen LogP contribution is -2.55.